The molecular weight excluding hydrogens is 371 g/mol. The summed E-state index contributed by atoms with van der Waals surface area (Å²) < 4.78 is 1.94. The van der Waals surface area contributed by atoms with E-state index in [2.05, 4.69) is 22.3 Å². The minimum absolute atomic E-state index is 0. The summed E-state index contributed by atoms with van der Waals surface area (Å²) in [7, 11) is 0. The van der Waals surface area contributed by atoms with Crippen LogP contribution in [0.3, 0.4) is 0 Å². The van der Waals surface area contributed by atoms with Gasteiger partial charge < -0.3 is 16.7 Å². The monoisotopic (exact) mass is 398 g/mol. The Morgan fingerprint density at radius 2 is 1.90 bits per heavy atom. The van der Waals surface area contributed by atoms with E-state index in [1.807, 2.05) is 28.9 Å². The van der Waals surface area contributed by atoms with Crippen LogP contribution in [0.1, 0.15) is 35.9 Å². The largest absolute Gasteiger partial charge is 1.00 e. The number of aromatic carboxylic acids is 1. The summed E-state index contributed by atoms with van der Waals surface area (Å²) in [6.45, 7) is 4.72. The second kappa shape index (κ2) is 8.95. The Morgan fingerprint density at radius 3 is 2.57 bits per heavy atom. The van der Waals surface area contributed by atoms with Crippen molar-refractivity contribution in [3.8, 4) is 0 Å². The third kappa shape index (κ3) is 4.06. The molecular formula is C23H27LiN4O2. The van der Waals surface area contributed by atoms with Gasteiger partial charge in [0.05, 0.1) is 23.3 Å². The van der Waals surface area contributed by atoms with E-state index in [0.717, 1.165) is 34.6 Å². The summed E-state index contributed by atoms with van der Waals surface area (Å²) in [5.74, 6) is -0.185. The number of benzene rings is 2. The summed E-state index contributed by atoms with van der Waals surface area (Å²) in [5.41, 5.74) is 3.17. The molecule has 3 fully saturated rings. The summed E-state index contributed by atoms with van der Waals surface area (Å²) in [5, 5.41) is 19.0. The molecule has 0 spiro atoms. The van der Waals surface area contributed by atoms with Crippen LogP contribution in [-0.4, -0.2) is 51.4 Å². The minimum Gasteiger partial charge on any atom is -1.00 e. The number of aromatic nitrogens is 2. The van der Waals surface area contributed by atoms with Crippen LogP contribution in [0, 0.1) is 5.92 Å². The van der Waals surface area contributed by atoms with Gasteiger partial charge in [-0.15, -0.1) is 0 Å². The quantitative estimate of drug-likeness (QED) is 0.576. The first-order valence-corrected chi connectivity index (χ1v) is 10.4. The van der Waals surface area contributed by atoms with Crippen molar-refractivity contribution < 1.29 is 30.2 Å². The van der Waals surface area contributed by atoms with Crippen molar-refractivity contribution in [1.29, 1.82) is 0 Å². The molecule has 3 aliphatic heterocycles. The second-order valence-electron chi connectivity index (χ2n) is 8.22. The van der Waals surface area contributed by atoms with Crippen molar-refractivity contribution >= 4 is 16.9 Å². The standard InChI is InChI=1S/C23H26N4O2.Li.H/c28-23(29)18-7-4-8-21-22(18)19(25-27(21)14-16-5-2-1-3-6-16)13-24-20-15-26-11-9-17(20)10-12-26;;/h1-8,17,20,24H,9-15H2,(H,28,29);;/q;+1;-1. The van der Waals surface area contributed by atoms with Crippen LogP contribution in [0.15, 0.2) is 48.5 Å². The Bertz CT molecular complexity index is 1030. The predicted octanol–water partition coefficient (Wildman–Crippen LogP) is 0.0831. The molecule has 0 amide bonds. The van der Waals surface area contributed by atoms with Crippen molar-refractivity contribution in [3.63, 3.8) is 0 Å². The van der Waals surface area contributed by atoms with Crippen molar-refractivity contribution in [1.82, 2.24) is 20.0 Å². The maximum atomic E-state index is 11.9. The number of carboxylic acid groups (broad SMARTS) is 1. The average molecular weight is 398 g/mol. The molecule has 6 rings (SSSR count). The molecule has 4 heterocycles. The Hall–Kier alpha value is -2.10. The number of nitrogens with one attached hydrogen (secondary N) is 1. The topological polar surface area (TPSA) is 70.4 Å². The van der Waals surface area contributed by atoms with Crippen LogP contribution >= 0.6 is 0 Å². The van der Waals surface area contributed by atoms with Gasteiger partial charge in [0.15, 0.2) is 0 Å². The fourth-order valence-corrected chi connectivity index (χ4v) is 4.91. The van der Waals surface area contributed by atoms with Gasteiger partial charge in [-0.1, -0.05) is 36.4 Å². The molecule has 6 nitrogen and oxygen atoms in total. The molecule has 1 aromatic heterocycles. The van der Waals surface area contributed by atoms with Crippen molar-refractivity contribution in [2.24, 2.45) is 5.92 Å². The van der Waals surface area contributed by atoms with E-state index in [9.17, 15) is 9.90 Å². The van der Waals surface area contributed by atoms with Gasteiger partial charge in [0.1, 0.15) is 0 Å². The van der Waals surface area contributed by atoms with Crippen LogP contribution < -0.4 is 24.2 Å². The first-order chi connectivity index (χ1) is 14.2. The van der Waals surface area contributed by atoms with E-state index in [0.29, 0.717) is 24.7 Å². The molecule has 1 atom stereocenters. The number of hydrogen-bond acceptors (Lipinski definition) is 4. The normalized spacial score (nSPS) is 22.7. The molecule has 2 N–H and O–H groups in total. The summed E-state index contributed by atoms with van der Waals surface area (Å²) >= 11 is 0. The molecule has 2 bridgehead atoms. The van der Waals surface area contributed by atoms with E-state index in [-0.39, 0.29) is 20.3 Å². The van der Waals surface area contributed by atoms with E-state index in [4.69, 9.17) is 5.10 Å². The van der Waals surface area contributed by atoms with Gasteiger partial charge >= 0.3 is 24.8 Å². The molecule has 152 valence electrons. The first kappa shape index (κ1) is 21.1. The van der Waals surface area contributed by atoms with Crippen molar-refractivity contribution in [2.45, 2.75) is 32.0 Å². The smallest absolute Gasteiger partial charge is 1.00 e. The Labute approximate surface area is 189 Å². The fourth-order valence-electron chi connectivity index (χ4n) is 4.91. The molecule has 2 aromatic carbocycles. The Balaban J connectivity index is 0.00000136. The summed E-state index contributed by atoms with van der Waals surface area (Å²) in [6.07, 6.45) is 2.50. The van der Waals surface area contributed by atoms with Crippen LogP contribution in [0.2, 0.25) is 0 Å². The molecule has 3 saturated heterocycles. The van der Waals surface area contributed by atoms with Crippen molar-refractivity contribution in [3.05, 3.63) is 65.4 Å². The third-order valence-corrected chi connectivity index (χ3v) is 6.44. The van der Waals surface area contributed by atoms with E-state index in [1.165, 1.54) is 25.9 Å². The molecule has 3 aromatic rings. The predicted molar refractivity (Wildman–Crippen MR) is 113 cm³/mol. The summed E-state index contributed by atoms with van der Waals surface area (Å²) in [4.78, 5) is 14.4. The van der Waals surface area contributed by atoms with E-state index >= 15 is 0 Å². The van der Waals surface area contributed by atoms with Crippen LogP contribution in [0.4, 0.5) is 0 Å². The molecule has 7 heteroatoms. The number of fused-ring (bicyclic) bond motifs is 4. The number of piperidine rings is 3. The zero-order valence-electron chi connectivity index (χ0n) is 18.4. The molecule has 3 aliphatic rings. The maximum Gasteiger partial charge on any atom is 1.00 e. The minimum atomic E-state index is -0.904. The molecule has 0 aliphatic carbocycles. The fraction of sp³-hybridized carbons (Fsp3) is 0.391. The molecule has 30 heavy (non-hydrogen) atoms. The SMILES string of the molecule is O=C(O)c1cccc2c1c(CNC1CN3CCC1CC3)nn2Cc1ccccc1.[H-].[Li+]. The van der Waals surface area contributed by atoms with Gasteiger partial charge in [-0.2, -0.15) is 5.10 Å². The third-order valence-electron chi connectivity index (χ3n) is 6.44. The average Bonchev–Trinajstić information content (AvgIpc) is 3.11. The number of carbonyl (C=O) groups is 1. The van der Waals surface area contributed by atoms with Crippen molar-refractivity contribution in [2.75, 3.05) is 19.6 Å². The Morgan fingerprint density at radius 1 is 1.13 bits per heavy atom. The van der Waals surface area contributed by atoms with Gasteiger partial charge in [-0.25, -0.2) is 4.79 Å². The molecule has 0 radical (unpaired) electrons. The van der Waals surface area contributed by atoms with Gasteiger partial charge in [-0.3, -0.25) is 4.68 Å². The summed E-state index contributed by atoms with van der Waals surface area (Å²) in [6, 6.07) is 16.1. The van der Waals surface area contributed by atoms with Crippen LogP contribution in [-0.2, 0) is 13.1 Å². The molecule has 1 unspecified atom stereocenters. The van der Waals surface area contributed by atoms with Crippen LogP contribution in [0.25, 0.3) is 10.9 Å². The van der Waals surface area contributed by atoms with Gasteiger partial charge in [-0.05, 0) is 49.5 Å². The van der Waals surface area contributed by atoms with Gasteiger partial charge in [0.25, 0.3) is 0 Å². The first-order valence-electron chi connectivity index (χ1n) is 10.4. The second-order valence-corrected chi connectivity index (χ2v) is 8.22. The number of nitrogens with zero attached hydrogens (tertiary/aromatic N) is 3. The van der Waals surface area contributed by atoms with E-state index < -0.39 is 5.97 Å². The number of carboxylic acids is 1. The Kier molecular flexibility index (Phi) is 6.31. The van der Waals surface area contributed by atoms with E-state index in [1.54, 1.807) is 12.1 Å². The van der Waals surface area contributed by atoms with Gasteiger partial charge in [0.2, 0.25) is 0 Å². The molecule has 0 saturated carbocycles. The zero-order valence-corrected chi connectivity index (χ0v) is 17.4. The van der Waals surface area contributed by atoms with Crippen LogP contribution in [0.5, 0.6) is 0 Å². The van der Waals surface area contributed by atoms with Gasteiger partial charge in [0, 0.05) is 24.5 Å². The number of hydrogen-bond donors (Lipinski definition) is 2. The maximum absolute atomic E-state index is 11.9. The number of rotatable bonds is 6. The zero-order chi connectivity index (χ0) is 19.8.